The number of esters is 1. The standard InChI is InChI=1S/C23H30N2O6S/c26-22(25(19-10-11-19)18-5-2-1-3-6-18)16-31-23(27)17-8-12-21(13-9-17)32(28,29)24-15-20-7-4-14-30-20/h5,8-9,12-13,19-20,24H,1-4,6-7,10-11,14-16H2. The van der Waals surface area contributed by atoms with Gasteiger partial charge in [-0.2, -0.15) is 0 Å². The van der Waals surface area contributed by atoms with Crippen molar-refractivity contribution in [3.05, 3.63) is 41.6 Å². The summed E-state index contributed by atoms with van der Waals surface area (Å²) in [6.45, 7) is 0.555. The summed E-state index contributed by atoms with van der Waals surface area (Å²) < 4.78 is 38.1. The molecule has 2 fully saturated rings. The minimum Gasteiger partial charge on any atom is -0.452 e. The van der Waals surface area contributed by atoms with E-state index in [4.69, 9.17) is 9.47 Å². The molecule has 1 N–H and O–H groups in total. The van der Waals surface area contributed by atoms with Gasteiger partial charge >= 0.3 is 5.97 Å². The zero-order valence-electron chi connectivity index (χ0n) is 18.1. The Morgan fingerprint density at radius 1 is 1.09 bits per heavy atom. The van der Waals surface area contributed by atoms with Crippen LogP contribution in [0.4, 0.5) is 0 Å². The molecule has 2 aliphatic carbocycles. The molecular formula is C23H30N2O6S. The molecule has 1 aliphatic heterocycles. The first-order valence-electron chi connectivity index (χ1n) is 11.3. The lowest BCUT2D eigenvalue weighted by molar-refractivity contribution is -0.133. The Balaban J connectivity index is 1.31. The van der Waals surface area contributed by atoms with E-state index in [1.54, 1.807) is 0 Å². The second-order valence-electron chi connectivity index (χ2n) is 8.52. The molecule has 32 heavy (non-hydrogen) atoms. The summed E-state index contributed by atoms with van der Waals surface area (Å²) in [6, 6.07) is 5.74. The Bertz CT molecular complexity index is 963. The van der Waals surface area contributed by atoms with Crippen molar-refractivity contribution in [2.75, 3.05) is 19.8 Å². The predicted molar refractivity (Wildman–Crippen MR) is 117 cm³/mol. The maximum absolute atomic E-state index is 12.7. The highest BCUT2D eigenvalue weighted by atomic mass is 32.2. The molecule has 1 aromatic carbocycles. The van der Waals surface area contributed by atoms with Crippen LogP contribution in [-0.2, 0) is 24.3 Å². The fraction of sp³-hybridized carbons (Fsp3) is 0.565. The highest BCUT2D eigenvalue weighted by Gasteiger charge is 2.35. The Hall–Kier alpha value is -2.23. The second kappa shape index (κ2) is 10.1. The van der Waals surface area contributed by atoms with Gasteiger partial charge in [0.25, 0.3) is 5.91 Å². The molecule has 1 saturated heterocycles. The molecule has 1 atom stereocenters. The molecule has 174 valence electrons. The van der Waals surface area contributed by atoms with Gasteiger partial charge in [-0.3, -0.25) is 4.79 Å². The van der Waals surface area contributed by atoms with E-state index in [-0.39, 0.29) is 41.7 Å². The van der Waals surface area contributed by atoms with E-state index < -0.39 is 16.0 Å². The lowest BCUT2D eigenvalue weighted by Gasteiger charge is -2.27. The van der Waals surface area contributed by atoms with Gasteiger partial charge in [0.05, 0.1) is 16.6 Å². The highest BCUT2D eigenvalue weighted by Crippen LogP contribution is 2.33. The average molecular weight is 463 g/mol. The summed E-state index contributed by atoms with van der Waals surface area (Å²) in [5, 5.41) is 0. The van der Waals surface area contributed by atoms with E-state index >= 15 is 0 Å². The van der Waals surface area contributed by atoms with E-state index in [0.717, 1.165) is 57.1 Å². The molecule has 1 amide bonds. The third-order valence-corrected chi connectivity index (χ3v) is 7.45. The number of nitrogens with zero attached hydrogens (tertiary/aromatic N) is 1. The van der Waals surface area contributed by atoms with Crippen LogP contribution >= 0.6 is 0 Å². The van der Waals surface area contributed by atoms with Crippen LogP contribution in [0.3, 0.4) is 0 Å². The van der Waals surface area contributed by atoms with E-state index in [0.29, 0.717) is 6.61 Å². The average Bonchev–Trinajstić information content (AvgIpc) is 3.49. The first-order chi connectivity index (χ1) is 15.4. The summed E-state index contributed by atoms with van der Waals surface area (Å²) in [5.41, 5.74) is 1.25. The number of rotatable bonds is 9. The first-order valence-corrected chi connectivity index (χ1v) is 12.8. The fourth-order valence-electron chi connectivity index (χ4n) is 4.11. The molecule has 1 aromatic rings. The van der Waals surface area contributed by atoms with Crippen molar-refractivity contribution >= 4 is 21.9 Å². The van der Waals surface area contributed by atoms with Crippen molar-refractivity contribution in [3.63, 3.8) is 0 Å². The lowest BCUT2D eigenvalue weighted by Crippen LogP contribution is -2.36. The minimum atomic E-state index is -3.69. The van der Waals surface area contributed by atoms with Crippen molar-refractivity contribution in [1.82, 2.24) is 9.62 Å². The molecule has 1 saturated carbocycles. The largest absolute Gasteiger partial charge is 0.452 e. The number of benzene rings is 1. The number of ether oxygens (including phenoxy) is 2. The van der Waals surface area contributed by atoms with Gasteiger partial charge in [-0.05, 0) is 75.6 Å². The van der Waals surface area contributed by atoms with Gasteiger partial charge < -0.3 is 14.4 Å². The number of amides is 1. The topological polar surface area (TPSA) is 102 Å². The van der Waals surface area contributed by atoms with E-state index in [1.165, 1.54) is 24.3 Å². The number of allylic oxidation sites excluding steroid dienone is 2. The summed E-state index contributed by atoms with van der Waals surface area (Å²) in [7, 11) is -3.69. The molecule has 0 radical (unpaired) electrons. The van der Waals surface area contributed by atoms with Crippen LogP contribution in [0, 0.1) is 0 Å². The zero-order valence-corrected chi connectivity index (χ0v) is 18.9. The molecule has 4 rings (SSSR count). The molecule has 3 aliphatic rings. The number of hydrogen-bond donors (Lipinski definition) is 1. The fourth-order valence-corrected chi connectivity index (χ4v) is 5.18. The molecule has 1 heterocycles. The number of nitrogens with one attached hydrogen (secondary N) is 1. The molecule has 0 spiro atoms. The molecule has 0 aromatic heterocycles. The van der Waals surface area contributed by atoms with Gasteiger partial charge in [0.2, 0.25) is 10.0 Å². The van der Waals surface area contributed by atoms with Gasteiger partial charge in [-0.25, -0.2) is 17.9 Å². The third kappa shape index (κ3) is 5.76. The summed E-state index contributed by atoms with van der Waals surface area (Å²) in [6.07, 6.45) is 9.81. The first kappa shape index (κ1) is 22.9. The molecule has 8 nitrogen and oxygen atoms in total. The summed E-state index contributed by atoms with van der Waals surface area (Å²) >= 11 is 0. The van der Waals surface area contributed by atoms with Gasteiger partial charge in [0.1, 0.15) is 0 Å². The number of sulfonamides is 1. The van der Waals surface area contributed by atoms with Crippen LogP contribution < -0.4 is 4.72 Å². The van der Waals surface area contributed by atoms with Crippen LogP contribution in [0.5, 0.6) is 0 Å². The number of carbonyl (C=O) groups is 2. The molecule has 9 heteroatoms. The molecular weight excluding hydrogens is 432 g/mol. The summed E-state index contributed by atoms with van der Waals surface area (Å²) in [5.74, 6) is -0.852. The third-order valence-electron chi connectivity index (χ3n) is 6.01. The normalized spacial score (nSPS) is 21.1. The van der Waals surface area contributed by atoms with Crippen LogP contribution in [-0.4, -0.2) is 57.1 Å². The minimum absolute atomic E-state index is 0.0623. The maximum Gasteiger partial charge on any atom is 0.338 e. The van der Waals surface area contributed by atoms with Gasteiger partial charge in [0.15, 0.2) is 6.61 Å². The predicted octanol–water partition coefficient (Wildman–Crippen LogP) is 2.75. The molecule has 1 unspecified atom stereocenters. The second-order valence-corrected chi connectivity index (χ2v) is 10.3. The van der Waals surface area contributed by atoms with E-state index in [9.17, 15) is 18.0 Å². The Morgan fingerprint density at radius 2 is 1.88 bits per heavy atom. The van der Waals surface area contributed by atoms with Gasteiger partial charge in [-0.1, -0.05) is 6.08 Å². The van der Waals surface area contributed by atoms with Crippen molar-refractivity contribution in [2.45, 2.75) is 68.4 Å². The van der Waals surface area contributed by atoms with E-state index in [2.05, 4.69) is 10.8 Å². The van der Waals surface area contributed by atoms with Crippen molar-refractivity contribution in [2.24, 2.45) is 0 Å². The number of carbonyl (C=O) groups excluding carboxylic acids is 2. The van der Waals surface area contributed by atoms with Crippen molar-refractivity contribution < 1.29 is 27.5 Å². The van der Waals surface area contributed by atoms with Crippen molar-refractivity contribution in [3.8, 4) is 0 Å². The lowest BCUT2D eigenvalue weighted by atomic mass is 10.0. The monoisotopic (exact) mass is 462 g/mol. The van der Waals surface area contributed by atoms with Crippen LogP contribution in [0.2, 0.25) is 0 Å². The maximum atomic E-state index is 12.7. The highest BCUT2D eigenvalue weighted by molar-refractivity contribution is 7.89. The Labute approximate surface area is 189 Å². The smallest absolute Gasteiger partial charge is 0.338 e. The molecule has 0 bridgehead atoms. The van der Waals surface area contributed by atoms with Gasteiger partial charge in [0, 0.05) is 24.9 Å². The Morgan fingerprint density at radius 3 is 2.50 bits per heavy atom. The van der Waals surface area contributed by atoms with Crippen LogP contribution in [0.15, 0.2) is 40.9 Å². The Kier molecular flexibility index (Phi) is 7.27. The van der Waals surface area contributed by atoms with Crippen LogP contribution in [0.1, 0.15) is 61.7 Å². The quantitative estimate of drug-likeness (QED) is 0.566. The van der Waals surface area contributed by atoms with Crippen molar-refractivity contribution in [1.29, 1.82) is 0 Å². The van der Waals surface area contributed by atoms with Gasteiger partial charge in [-0.15, -0.1) is 0 Å². The summed E-state index contributed by atoms with van der Waals surface area (Å²) in [4.78, 5) is 27.0. The van der Waals surface area contributed by atoms with E-state index in [1.807, 2.05) is 4.90 Å². The SMILES string of the molecule is O=C(OCC(=O)N(C1=CCCCC1)C1CC1)c1ccc(S(=O)(=O)NCC2CCCO2)cc1. The number of hydrogen-bond acceptors (Lipinski definition) is 6. The van der Waals surface area contributed by atoms with Crippen LogP contribution in [0.25, 0.3) is 0 Å². The zero-order chi connectivity index (χ0) is 22.6.